The van der Waals surface area contributed by atoms with Crippen LogP contribution in [0.2, 0.25) is 0 Å². The number of hydrogen-bond donors (Lipinski definition) is 0. The number of rotatable bonds is 2. The van der Waals surface area contributed by atoms with Crippen LogP contribution in [-0.4, -0.2) is 10.1 Å². The van der Waals surface area contributed by atoms with E-state index in [1.54, 1.807) is 6.92 Å². The van der Waals surface area contributed by atoms with E-state index in [4.69, 9.17) is 0 Å². The second kappa shape index (κ2) is 4.45. The summed E-state index contributed by atoms with van der Waals surface area (Å²) in [6, 6.07) is 10.1. The highest BCUT2D eigenvalue weighted by molar-refractivity contribution is 8.12. The van der Waals surface area contributed by atoms with Crippen molar-refractivity contribution in [2.45, 2.75) is 12.7 Å². The van der Waals surface area contributed by atoms with Gasteiger partial charge < -0.3 is 0 Å². The first-order valence-electron chi connectivity index (χ1n) is 4.73. The van der Waals surface area contributed by atoms with E-state index >= 15 is 0 Å². The second-order valence-corrected chi connectivity index (χ2v) is 4.46. The lowest BCUT2D eigenvalue weighted by Crippen LogP contribution is -1.89. The molecule has 0 aliphatic heterocycles. The Labute approximate surface area is 92.7 Å². The molecule has 76 valence electrons. The number of carbonyl (C=O) groups is 1. The maximum atomic E-state index is 10.8. The van der Waals surface area contributed by atoms with Gasteiger partial charge in [-0.15, -0.1) is 0 Å². The standard InChI is InChI=1S/C12H11NOS/c1-9(14)15-8-12-6-10-4-2-3-5-11(10)7-13-12/h2-7H,8H2,1H3. The van der Waals surface area contributed by atoms with Crippen molar-refractivity contribution >= 4 is 27.6 Å². The number of pyridine rings is 1. The van der Waals surface area contributed by atoms with Gasteiger partial charge in [-0.2, -0.15) is 0 Å². The van der Waals surface area contributed by atoms with E-state index in [9.17, 15) is 4.79 Å². The minimum Gasteiger partial charge on any atom is -0.288 e. The Kier molecular flexibility index (Phi) is 3.02. The highest BCUT2D eigenvalue weighted by Gasteiger charge is 2.00. The Hall–Kier alpha value is -1.35. The summed E-state index contributed by atoms with van der Waals surface area (Å²) in [5, 5.41) is 2.44. The molecule has 0 bridgehead atoms. The van der Waals surface area contributed by atoms with Gasteiger partial charge in [0.2, 0.25) is 0 Å². The molecule has 1 aromatic carbocycles. The summed E-state index contributed by atoms with van der Waals surface area (Å²) in [6.07, 6.45) is 1.85. The Morgan fingerprint density at radius 3 is 2.80 bits per heavy atom. The van der Waals surface area contributed by atoms with Crippen molar-refractivity contribution in [3.05, 3.63) is 42.2 Å². The van der Waals surface area contributed by atoms with Crippen LogP contribution in [0.15, 0.2) is 36.5 Å². The number of aromatic nitrogens is 1. The Morgan fingerprint density at radius 2 is 2.07 bits per heavy atom. The molecule has 0 radical (unpaired) electrons. The van der Waals surface area contributed by atoms with Crippen molar-refractivity contribution in [1.82, 2.24) is 4.98 Å². The van der Waals surface area contributed by atoms with Crippen molar-refractivity contribution in [3.63, 3.8) is 0 Å². The number of benzene rings is 1. The van der Waals surface area contributed by atoms with Crippen molar-refractivity contribution < 1.29 is 4.79 Å². The molecule has 15 heavy (non-hydrogen) atoms. The number of nitrogens with zero attached hydrogens (tertiary/aromatic N) is 1. The molecule has 0 amide bonds. The molecular formula is C12H11NOS. The molecule has 2 aromatic rings. The van der Waals surface area contributed by atoms with Crippen molar-refractivity contribution in [1.29, 1.82) is 0 Å². The van der Waals surface area contributed by atoms with Crippen LogP contribution in [0.5, 0.6) is 0 Å². The van der Waals surface area contributed by atoms with Gasteiger partial charge in [-0.25, -0.2) is 0 Å². The molecule has 0 N–H and O–H groups in total. The topological polar surface area (TPSA) is 30.0 Å². The van der Waals surface area contributed by atoms with Crippen molar-refractivity contribution in [3.8, 4) is 0 Å². The predicted molar refractivity (Wildman–Crippen MR) is 63.7 cm³/mol. The molecule has 0 atom stereocenters. The average Bonchev–Trinajstić information content (AvgIpc) is 2.26. The van der Waals surface area contributed by atoms with Gasteiger partial charge in [0.05, 0.1) is 5.69 Å². The van der Waals surface area contributed by atoms with Crippen LogP contribution in [0.1, 0.15) is 12.6 Å². The summed E-state index contributed by atoms with van der Waals surface area (Å²) >= 11 is 1.29. The minimum atomic E-state index is 0.130. The molecule has 0 saturated heterocycles. The van der Waals surface area contributed by atoms with E-state index < -0.39 is 0 Å². The molecule has 0 unspecified atom stereocenters. The van der Waals surface area contributed by atoms with E-state index in [-0.39, 0.29) is 5.12 Å². The Balaban J connectivity index is 2.26. The molecule has 0 aliphatic rings. The van der Waals surface area contributed by atoms with Gasteiger partial charge in [0.15, 0.2) is 5.12 Å². The van der Waals surface area contributed by atoms with Crippen LogP contribution in [0.4, 0.5) is 0 Å². The first kappa shape index (κ1) is 10.2. The normalized spacial score (nSPS) is 10.5. The van der Waals surface area contributed by atoms with E-state index in [1.807, 2.05) is 30.5 Å². The largest absolute Gasteiger partial charge is 0.288 e. The van der Waals surface area contributed by atoms with Gasteiger partial charge in [0, 0.05) is 24.3 Å². The molecule has 0 saturated carbocycles. The summed E-state index contributed by atoms with van der Waals surface area (Å²) in [6.45, 7) is 1.58. The fraction of sp³-hybridized carbons (Fsp3) is 0.167. The maximum absolute atomic E-state index is 10.8. The first-order chi connectivity index (χ1) is 7.25. The lowest BCUT2D eigenvalue weighted by Gasteiger charge is -2.00. The first-order valence-corrected chi connectivity index (χ1v) is 5.71. The fourth-order valence-corrected chi connectivity index (χ4v) is 1.89. The van der Waals surface area contributed by atoms with Gasteiger partial charge in [0.25, 0.3) is 0 Å². The highest BCUT2D eigenvalue weighted by Crippen LogP contribution is 2.17. The van der Waals surface area contributed by atoms with E-state index in [2.05, 4.69) is 11.1 Å². The average molecular weight is 217 g/mol. The zero-order chi connectivity index (χ0) is 10.7. The summed E-state index contributed by atoms with van der Waals surface area (Å²) in [7, 11) is 0. The van der Waals surface area contributed by atoms with E-state index in [0.29, 0.717) is 5.75 Å². The van der Waals surface area contributed by atoms with Crippen LogP contribution in [0.3, 0.4) is 0 Å². The molecule has 2 rings (SSSR count). The smallest absolute Gasteiger partial charge is 0.186 e. The SMILES string of the molecule is CC(=O)SCc1cc2ccccc2cn1. The Bertz CT molecular complexity index is 496. The van der Waals surface area contributed by atoms with Gasteiger partial charge in [0.1, 0.15) is 0 Å². The number of hydrogen-bond acceptors (Lipinski definition) is 3. The third-order valence-corrected chi connectivity index (χ3v) is 2.96. The van der Waals surface area contributed by atoms with E-state index in [0.717, 1.165) is 11.1 Å². The number of carbonyl (C=O) groups excluding carboxylic acids is 1. The lowest BCUT2D eigenvalue weighted by molar-refractivity contribution is -0.109. The third-order valence-electron chi connectivity index (χ3n) is 2.11. The van der Waals surface area contributed by atoms with Crippen molar-refractivity contribution in [2.75, 3.05) is 0 Å². The molecule has 0 aliphatic carbocycles. The van der Waals surface area contributed by atoms with Crippen LogP contribution in [0.25, 0.3) is 10.8 Å². The maximum Gasteiger partial charge on any atom is 0.186 e. The lowest BCUT2D eigenvalue weighted by atomic mass is 10.1. The molecule has 1 heterocycles. The van der Waals surface area contributed by atoms with Crippen LogP contribution in [-0.2, 0) is 10.5 Å². The van der Waals surface area contributed by atoms with Crippen LogP contribution in [0, 0.1) is 0 Å². The zero-order valence-electron chi connectivity index (χ0n) is 8.43. The molecule has 0 fully saturated rings. The van der Waals surface area contributed by atoms with Crippen molar-refractivity contribution in [2.24, 2.45) is 0 Å². The Morgan fingerprint density at radius 1 is 1.33 bits per heavy atom. The molecule has 3 heteroatoms. The van der Waals surface area contributed by atoms with Crippen LogP contribution >= 0.6 is 11.8 Å². The molecule has 0 spiro atoms. The zero-order valence-corrected chi connectivity index (χ0v) is 9.25. The van der Waals surface area contributed by atoms with Gasteiger partial charge in [-0.1, -0.05) is 36.0 Å². The van der Waals surface area contributed by atoms with E-state index in [1.165, 1.54) is 17.1 Å². The van der Waals surface area contributed by atoms with Gasteiger partial charge in [-0.05, 0) is 11.5 Å². The fourth-order valence-electron chi connectivity index (χ4n) is 1.38. The molecule has 2 nitrogen and oxygen atoms in total. The number of thioether (sulfide) groups is 1. The van der Waals surface area contributed by atoms with Gasteiger partial charge in [-0.3, -0.25) is 9.78 Å². The molecular weight excluding hydrogens is 206 g/mol. The molecule has 1 aromatic heterocycles. The highest BCUT2D eigenvalue weighted by atomic mass is 32.2. The monoisotopic (exact) mass is 217 g/mol. The summed E-state index contributed by atoms with van der Waals surface area (Å²) in [5.74, 6) is 0.653. The summed E-state index contributed by atoms with van der Waals surface area (Å²) in [5.41, 5.74) is 0.953. The predicted octanol–water partition coefficient (Wildman–Crippen LogP) is 3.01. The number of fused-ring (bicyclic) bond motifs is 1. The minimum absolute atomic E-state index is 0.130. The van der Waals surface area contributed by atoms with Crippen LogP contribution < -0.4 is 0 Å². The van der Waals surface area contributed by atoms with Gasteiger partial charge >= 0.3 is 0 Å². The quantitative estimate of drug-likeness (QED) is 0.774. The third kappa shape index (κ3) is 2.57. The summed E-state index contributed by atoms with van der Waals surface area (Å²) < 4.78 is 0. The summed E-state index contributed by atoms with van der Waals surface area (Å²) in [4.78, 5) is 15.1. The second-order valence-electron chi connectivity index (χ2n) is 3.30.